The molecule has 4 rings (SSSR count). The van der Waals surface area contributed by atoms with E-state index in [0.29, 0.717) is 6.54 Å². The maximum Gasteiger partial charge on any atom is 0.230 e. The van der Waals surface area contributed by atoms with Gasteiger partial charge < -0.3 is 19.6 Å². The molecule has 2 heterocycles. The number of nitrogens with one attached hydrogen (secondary N) is 2. The Labute approximate surface area is 191 Å². The number of para-hydroxylation sites is 1. The number of rotatable bonds is 9. The number of nitrogens with zero attached hydrogens (tertiary/aromatic N) is 3. The molecule has 0 spiro atoms. The van der Waals surface area contributed by atoms with Crippen LogP contribution in [-0.2, 0) is 4.79 Å². The van der Waals surface area contributed by atoms with E-state index in [0.717, 1.165) is 32.9 Å². The second-order valence-corrected chi connectivity index (χ2v) is 8.77. The largest absolute Gasteiger partial charge is 0.497 e. The molecule has 1 unspecified atom stereocenters. The molecule has 4 aromatic rings. The maximum absolute atomic E-state index is 12.7. The summed E-state index contributed by atoms with van der Waals surface area (Å²) >= 11 is 1.40. The van der Waals surface area contributed by atoms with E-state index >= 15 is 0 Å². The lowest BCUT2D eigenvalue weighted by Crippen LogP contribution is -2.30. The molecule has 2 aromatic carbocycles. The van der Waals surface area contributed by atoms with Crippen molar-refractivity contribution in [2.75, 3.05) is 19.4 Å². The number of fused-ring (bicyclic) bond motifs is 1. The van der Waals surface area contributed by atoms with E-state index in [9.17, 15) is 4.79 Å². The first-order valence-corrected chi connectivity index (χ1v) is 11.5. The van der Waals surface area contributed by atoms with Crippen LogP contribution in [0.4, 0.5) is 0 Å². The first kappa shape index (κ1) is 22.0. The number of methoxy groups -OCH3 is 1. The zero-order valence-corrected chi connectivity index (χ0v) is 19.2. The second kappa shape index (κ2) is 9.91. The minimum Gasteiger partial charge on any atom is -0.497 e. The fraction of sp³-hybridized carbons (Fsp3) is 0.292. The summed E-state index contributed by atoms with van der Waals surface area (Å²) in [6.45, 7) is 4.62. The highest BCUT2D eigenvalue weighted by molar-refractivity contribution is 7.99. The number of aromatic amines is 1. The monoisotopic (exact) mass is 449 g/mol. The quantitative estimate of drug-likeness (QED) is 0.370. The molecule has 2 N–H and O–H groups in total. The van der Waals surface area contributed by atoms with Gasteiger partial charge in [-0.3, -0.25) is 4.79 Å². The van der Waals surface area contributed by atoms with Gasteiger partial charge in [-0.15, -0.1) is 10.2 Å². The van der Waals surface area contributed by atoms with E-state index in [1.54, 1.807) is 13.4 Å². The average Bonchev–Trinajstić information content (AvgIpc) is 3.46. The van der Waals surface area contributed by atoms with Crippen LogP contribution in [0.3, 0.4) is 0 Å². The fourth-order valence-corrected chi connectivity index (χ4v) is 4.59. The number of ether oxygens (including phenoxy) is 1. The molecule has 0 aliphatic heterocycles. The lowest BCUT2D eigenvalue weighted by Gasteiger charge is -2.19. The smallest absolute Gasteiger partial charge is 0.230 e. The van der Waals surface area contributed by atoms with E-state index in [2.05, 4.69) is 58.6 Å². The highest BCUT2D eigenvalue weighted by Crippen LogP contribution is 2.31. The molecule has 8 heteroatoms. The van der Waals surface area contributed by atoms with Gasteiger partial charge in [0.05, 0.1) is 12.9 Å². The Morgan fingerprint density at radius 1 is 1.19 bits per heavy atom. The maximum atomic E-state index is 12.7. The number of benzene rings is 2. The van der Waals surface area contributed by atoms with Crippen LogP contribution in [0.2, 0.25) is 0 Å². The van der Waals surface area contributed by atoms with Crippen LogP contribution in [0.5, 0.6) is 5.75 Å². The molecule has 32 heavy (non-hydrogen) atoms. The Bertz CT molecular complexity index is 1180. The molecule has 2 aromatic heterocycles. The third kappa shape index (κ3) is 4.80. The lowest BCUT2D eigenvalue weighted by molar-refractivity contribution is -0.118. The molecule has 0 saturated carbocycles. The summed E-state index contributed by atoms with van der Waals surface area (Å²) in [5.74, 6) is 1.06. The summed E-state index contributed by atoms with van der Waals surface area (Å²) in [4.78, 5) is 16.0. The molecular weight excluding hydrogens is 422 g/mol. The molecule has 0 radical (unpaired) electrons. The van der Waals surface area contributed by atoms with Crippen molar-refractivity contribution in [1.29, 1.82) is 0 Å². The van der Waals surface area contributed by atoms with Crippen LogP contribution in [-0.4, -0.2) is 45.1 Å². The Hall–Kier alpha value is -3.26. The molecule has 0 aliphatic carbocycles. The summed E-state index contributed by atoms with van der Waals surface area (Å²) in [6, 6.07) is 16.5. The van der Waals surface area contributed by atoms with Crippen molar-refractivity contribution in [3.8, 4) is 5.75 Å². The van der Waals surface area contributed by atoms with Gasteiger partial charge in [0, 0.05) is 35.6 Å². The van der Waals surface area contributed by atoms with Crippen molar-refractivity contribution in [2.24, 2.45) is 0 Å². The summed E-state index contributed by atoms with van der Waals surface area (Å²) in [6.07, 6.45) is 3.73. The number of H-pyrrole nitrogens is 1. The number of aromatic nitrogens is 4. The zero-order valence-electron chi connectivity index (χ0n) is 18.4. The predicted molar refractivity (Wildman–Crippen MR) is 127 cm³/mol. The Morgan fingerprint density at radius 3 is 2.72 bits per heavy atom. The van der Waals surface area contributed by atoms with Crippen LogP contribution in [0.15, 0.2) is 66.2 Å². The number of amides is 1. The van der Waals surface area contributed by atoms with E-state index in [4.69, 9.17) is 4.74 Å². The normalized spacial score (nSPS) is 12.2. The van der Waals surface area contributed by atoms with Gasteiger partial charge in [-0.05, 0) is 43.2 Å². The van der Waals surface area contributed by atoms with E-state index < -0.39 is 0 Å². The third-order valence-electron chi connectivity index (χ3n) is 5.45. The highest BCUT2D eigenvalue weighted by Gasteiger charge is 2.20. The van der Waals surface area contributed by atoms with Crippen LogP contribution in [0.1, 0.15) is 36.9 Å². The summed E-state index contributed by atoms with van der Waals surface area (Å²) in [5, 5.41) is 13.1. The molecule has 1 amide bonds. The topological polar surface area (TPSA) is 84.8 Å². The predicted octanol–water partition coefficient (Wildman–Crippen LogP) is 4.39. The molecule has 0 bridgehead atoms. The van der Waals surface area contributed by atoms with Gasteiger partial charge in [0.1, 0.15) is 12.1 Å². The number of hydrogen-bond acceptors (Lipinski definition) is 5. The van der Waals surface area contributed by atoms with Gasteiger partial charge in [0.15, 0.2) is 5.16 Å². The molecule has 0 saturated heterocycles. The van der Waals surface area contributed by atoms with Gasteiger partial charge in [-0.2, -0.15) is 0 Å². The van der Waals surface area contributed by atoms with Gasteiger partial charge >= 0.3 is 0 Å². The molecule has 0 aliphatic rings. The van der Waals surface area contributed by atoms with Gasteiger partial charge in [-0.25, -0.2) is 0 Å². The molecule has 0 fully saturated rings. The Morgan fingerprint density at radius 2 is 1.97 bits per heavy atom. The minimum atomic E-state index is -0.0355. The third-order valence-corrected chi connectivity index (χ3v) is 6.40. The van der Waals surface area contributed by atoms with E-state index in [1.807, 2.05) is 35.0 Å². The van der Waals surface area contributed by atoms with Crippen molar-refractivity contribution >= 4 is 28.6 Å². The Balaban J connectivity index is 1.50. The van der Waals surface area contributed by atoms with Gasteiger partial charge in [0.2, 0.25) is 5.91 Å². The van der Waals surface area contributed by atoms with Crippen LogP contribution >= 0.6 is 11.8 Å². The molecule has 1 atom stereocenters. The molecule has 7 nitrogen and oxygen atoms in total. The van der Waals surface area contributed by atoms with Crippen LogP contribution < -0.4 is 10.1 Å². The van der Waals surface area contributed by atoms with Crippen molar-refractivity contribution < 1.29 is 9.53 Å². The highest BCUT2D eigenvalue weighted by atomic mass is 32.2. The summed E-state index contributed by atoms with van der Waals surface area (Å²) < 4.78 is 7.27. The minimum absolute atomic E-state index is 0.00493. The number of hydrogen-bond donors (Lipinski definition) is 2. The van der Waals surface area contributed by atoms with Crippen molar-refractivity contribution in [2.45, 2.75) is 31.0 Å². The second-order valence-electron chi connectivity index (χ2n) is 7.82. The number of carbonyl (C=O) groups is 1. The van der Waals surface area contributed by atoms with Crippen molar-refractivity contribution in [1.82, 2.24) is 25.1 Å². The Kier molecular flexibility index (Phi) is 6.80. The van der Waals surface area contributed by atoms with E-state index in [-0.39, 0.29) is 23.6 Å². The van der Waals surface area contributed by atoms with Crippen LogP contribution in [0.25, 0.3) is 10.9 Å². The summed E-state index contributed by atoms with van der Waals surface area (Å²) in [5.41, 5.74) is 3.34. The number of thioether (sulfide) groups is 1. The fourth-order valence-electron chi connectivity index (χ4n) is 3.71. The number of carbonyl (C=O) groups excluding carboxylic acids is 1. The van der Waals surface area contributed by atoms with Crippen molar-refractivity contribution in [3.05, 3.63) is 72.2 Å². The van der Waals surface area contributed by atoms with E-state index in [1.165, 1.54) is 11.8 Å². The first-order chi connectivity index (χ1) is 15.6. The molecule has 166 valence electrons. The lowest BCUT2D eigenvalue weighted by atomic mass is 9.91. The standard InChI is InChI=1S/C24H27N5O2S/c1-16(2)29-15-27-28-24(29)32-14-23(30)26-12-20(17-8-10-18(31-3)11-9-17)21-13-25-22-7-5-4-6-19(21)22/h4-11,13,15-16,20,25H,12,14H2,1-3H3,(H,26,30). The first-order valence-electron chi connectivity index (χ1n) is 10.6. The SMILES string of the molecule is COc1ccc(C(CNC(=O)CSc2nncn2C(C)C)c2c[nH]c3ccccc23)cc1. The van der Waals surface area contributed by atoms with Crippen LogP contribution in [0, 0.1) is 0 Å². The summed E-state index contributed by atoms with van der Waals surface area (Å²) in [7, 11) is 1.66. The van der Waals surface area contributed by atoms with Gasteiger partial charge in [0.25, 0.3) is 0 Å². The zero-order chi connectivity index (χ0) is 22.5. The van der Waals surface area contributed by atoms with Crippen molar-refractivity contribution in [3.63, 3.8) is 0 Å². The average molecular weight is 450 g/mol. The van der Waals surface area contributed by atoms with Gasteiger partial charge in [-0.1, -0.05) is 42.1 Å². The molecular formula is C24H27N5O2S.